The molecule has 0 N–H and O–H groups in total. The fourth-order valence-electron chi connectivity index (χ4n) is 7.60. The molecule has 0 unspecified atom stereocenters. The lowest BCUT2D eigenvalue weighted by molar-refractivity contribution is 0.477. The second-order valence-corrected chi connectivity index (χ2v) is 12.9. The van der Waals surface area contributed by atoms with E-state index < -0.39 is 0 Å². The van der Waals surface area contributed by atoms with Crippen LogP contribution in [-0.2, 0) is 0 Å². The van der Waals surface area contributed by atoms with Crippen LogP contribution in [0.4, 0.5) is 17.1 Å². The van der Waals surface area contributed by atoms with E-state index in [2.05, 4.69) is 187 Å². The number of benzene rings is 8. The van der Waals surface area contributed by atoms with Crippen molar-refractivity contribution < 1.29 is 4.74 Å². The molecule has 50 heavy (non-hydrogen) atoms. The maximum atomic E-state index is 6.79. The lowest BCUT2D eigenvalue weighted by Gasteiger charge is -2.34. The molecule has 0 radical (unpaired) electrons. The van der Waals surface area contributed by atoms with Crippen molar-refractivity contribution in [2.24, 2.45) is 0 Å². The molecule has 0 saturated heterocycles. The zero-order valence-electron chi connectivity index (χ0n) is 27.3. The van der Waals surface area contributed by atoms with Crippen LogP contribution in [0.2, 0.25) is 0 Å². The first-order valence-corrected chi connectivity index (χ1v) is 17.1. The smallest absolute Gasteiger partial charge is 0.152 e. The summed E-state index contributed by atoms with van der Waals surface area (Å²) in [5, 5.41) is 0. The maximum Gasteiger partial charge on any atom is 0.152 e. The van der Waals surface area contributed by atoms with Gasteiger partial charge in [0.15, 0.2) is 11.5 Å². The van der Waals surface area contributed by atoms with Crippen LogP contribution >= 0.6 is 0 Å². The average Bonchev–Trinajstić information content (AvgIpc) is 3.32. The van der Waals surface area contributed by atoms with Crippen molar-refractivity contribution in [3.63, 3.8) is 0 Å². The van der Waals surface area contributed by atoms with Crippen molar-refractivity contribution in [1.82, 2.24) is 0 Å². The molecule has 10 rings (SSSR count). The molecule has 0 aliphatic carbocycles. The van der Waals surface area contributed by atoms with Gasteiger partial charge in [-0.3, -0.25) is 0 Å². The summed E-state index contributed by atoms with van der Waals surface area (Å²) in [5.74, 6) is 1.70. The van der Waals surface area contributed by atoms with Crippen molar-refractivity contribution in [3.8, 4) is 78.3 Å². The summed E-state index contributed by atoms with van der Waals surface area (Å²) in [4.78, 5) is 2.41. The summed E-state index contributed by atoms with van der Waals surface area (Å²) in [6.45, 7) is 0. The van der Waals surface area contributed by atoms with Crippen LogP contribution in [0.1, 0.15) is 0 Å². The molecule has 2 nitrogen and oxygen atoms in total. The molecule has 8 aromatic rings. The van der Waals surface area contributed by atoms with Crippen LogP contribution in [0.25, 0.3) is 66.8 Å². The van der Waals surface area contributed by atoms with Crippen molar-refractivity contribution in [3.05, 3.63) is 188 Å². The summed E-state index contributed by atoms with van der Waals surface area (Å²) >= 11 is 0. The summed E-state index contributed by atoms with van der Waals surface area (Å²) < 4.78 is 6.79. The van der Waals surface area contributed by atoms with Gasteiger partial charge in [-0.25, -0.2) is 0 Å². The van der Waals surface area contributed by atoms with E-state index in [1.54, 1.807) is 0 Å². The maximum absolute atomic E-state index is 6.79. The largest absolute Gasteiger partial charge is 0.453 e. The van der Waals surface area contributed by atoms with Crippen LogP contribution in [0.15, 0.2) is 188 Å². The minimum Gasteiger partial charge on any atom is -0.453 e. The van der Waals surface area contributed by atoms with Crippen LogP contribution in [0.5, 0.6) is 11.5 Å². The predicted molar refractivity (Wildman–Crippen MR) is 207 cm³/mol. The predicted octanol–water partition coefficient (Wildman–Crippen LogP) is 13.6. The van der Waals surface area contributed by atoms with E-state index in [0.717, 1.165) is 45.3 Å². The van der Waals surface area contributed by atoms with Gasteiger partial charge in [-0.1, -0.05) is 140 Å². The van der Waals surface area contributed by atoms with E-state index in [-0.39, 0.29) is 0 Å². The van der Waals surface area contributed by atoms with Gasteiger partial charge in [0, 0.05) is 11.1 Å². The highest BCUT2D eigenvalue weighted by atomic mass is 16.5. The highest BCUT2D eigenvalue weighted by Gasteiger charge is 2.34. The highest BCUT2D eigenvalue weighted by Crippen LogP contribution is 2.60. The van der Waals surface area contributed by atoms with E-state index in [1.807, 2.05) is 6.07 Å². The average molecular weight is 638 g/mol. The second kappa shape index (κ2) is 11.5. The molecule has 0 bridgehead atoms. The first kappa shape index (κ1) is 28.4. The van der Waals surface area contributed by atoms with Crippen molar-refractivity contribution in [2.45, 2.75) is 0 Å². The lowest BCUT2D eigenvalue weighted by atomic mass is 9.90. The molecular weight excluding hydrogens is 607 g/mol. The van der Waals surface area contributed by atoms with Gasteiger partial charge in [-0.05, 0) is 104 Å². The van der Waals surface area contributed by atoms with Gasteiger partial charge < -0.3 is 9.64 Å². The van der Waals surface area contributed by atoms with Gasteiger partial charge in [0.05, 0.1) is 17.1 Å². The SMILES string of the molecule is c1ccc(-c2cccc(-c3ccc4c(c3)-c3ccccc3-c3cc(-c5cccc(-c6ccccc6)c5)cc5c3N4c3ccccc3O5)c2)cc1. The van der Waals surface area contributed by atoms with Gasteiger partial charge >= 0.3 is 0 Å². The van der Waals surface area contributed by atoms with Crippen molar-refractivity contribution in [1.29, 1.82) is 0 Å². The Hall–Kier alpha value is -6.64. The Labute approximate surface area is 292 Å². The van der Waals surface area contributed by atoms with E-state index in [0.29, 0.717) is 0 Å². The number of hydrogen-bond acceptors (Lipinski definition) is 2. The number of ether oxygens (including phenoxy) is 1. The quantitative estimate of drug-likeness (QED) is 0.190. The van der Waals surface area contributed by atoms with Crippen LogP contribution in [0, 0.1) is 0 Å². The first-order valence-electron chi connectivity index (χ1n) is 17.1. The zero-order valence-corrected chi connectivity index (χ0v) is 27.3. The molecule has 2 aliphatic rings. The summed E-state index contributed by atoms with van der Waals surface area (Å²) in [6.07, 6.45) is 0. The molecule has 0 fully saturated rings. The Morgan fingerprint density at radius 3 is 1.46 bits per heavy atom. The third-order valence-corrected chi connectivity index (χ3v) is 9.98. The Morgan fingerprint density at radius 1 is 0.280 bits per heavy atom. The monoisotopic (exact) mass is 637 g/mol. The molecule has 2 heterocycles. The summed E-state index contributed by atoms with van der Waals surface area (Å²) in [7, 11) is 0. The van der Waals surface area contributed by atoms with Gasteiger partial charge in [0.1, 0.15) is 0 Å². The molecule has 0 amide bonds. The highest BCUT2D eigenvalue weighted by molar-refractivity contribution is 6.07. The normalized spacial score (nSPS) is 12.1. The Bertz CT molecular complexity index is 2570. The van der Waals surface area contributed by atoms with Gasteiger partial charge in [0.25, 0.3) is 0 Å². The summed E-state index contributed by atoms with van der Waals surface area (Å²) in [6, 6.07) is 67.5. The van der Waals surface area contributed by atoms with Gasteiger partial charge in [-0.15, -0.1) is 0 Å². The fourth-order valence-corrected chi connectivity index (χ4v) is 7.60. The number of fused-ring (bicyclic) bond motifs is 7. The zero-order chi connectivity index (χ0) is 33.0. The molecule has 234 valence electrons. The third-order valence-electron chi connectivity index (χ3n) is 9.98. The van der Waals surface area contributed by atoms with Crippen molar-refractivity contribution in [2.75, 3.05) is 4.90 Å². The van der Waals surface area contributed by atoms with Gasteiger partial charge in [-0.2, -0.15) is 0 Å². The molecule has 0 aromatic heterocycles. The van der Waals surface area contributed by atoms with Crippen LogP contribution in [0.3, 0.4) is 0 Å². The number of hydrogen-bond donors (Lipinski definition) is 0. The molecule has 2 heteroatoms. The minimum absolute atomic E-state index is 0.845. The number of anilines is 3. The van der Waals surface area contributed by atoms with Crippen LogP contribution < -0.4 is 9.64 Å². The van der Waals surface area contributed by atoms with E-state index in [4.69, 9.17) is 4.74 Å². The molecule has 2 aliphatic heterocycles. The van der Waals surface area contributed by atoms with Gasteiger partial charge in [0.2, 0.25) is 0 Å². The second-order valence-electron chi connectivity index (χ2n) is 12.9. The molecule has 0 saturated carbocycles. The van der Waals surface area contributed by atoms with E-state index in [1.165, 1.54) is 50.1 Å². The number of rotatable bonds is 4. The number of para-hydroxylation sites is 2. The van der Waals surface area contributed by atoms with E-state index in [9.17, 15) is 0 Å². The summed E-state index contributed by atoms with van der Waals surface area (Å²) in [5.41, 5.74) is 17.4. The number of nitrogens with zero attached hydrogens (tertiary/aromatic N) is 1. The topological polar surface area (TPSA) is 12.5 Å². The minimum atomic E-state index is 0.845. The Kier molecular flexibility index (Phi) is 6.53. The fraction of sp³-hybridized carbons (Fsp3) is 0. The molecule has 0 atom stereocenters. The first-order chi connectivity index (χ1) is 24.8. The Balaban J connectivity index is 1.19. The molecular formula is C48H31NO. The van der Waals surface area contributed by atoms with E-state index >= 15 is 0 Å². The van der Waals surface area contributed by atoms with Crippen LogP contribution in [-0.4, -0.2) is 0 Å². The third kappa shape index (κ3) is 4.65. The Morgan fingerprint density at radius 2 is 0.780 bits per heavy atom. The molecule has 8 aromatic carbocycles. The van der Waals surface area contributed by atoms with Crippen molar-refractivity contribution >= 4 is 17.1 Å². The molecule has 0 spiro atoms. The standard InChI is InChI=1S/C48H31NO/c1-3-13-32(14-4-1)34-17-11-19-36(27-34)38-25-26-44-42(29-38)40-21-7-8-22-41(40)43-30-39(37-20-12-18-35(28-37)33-15-5-2-6-16-33)31-47-48(43)49(44)45-23-9-10-24-46(45)50-47/h1-31H. The lowest BCUT2D eigenvalue weighted by Crippen LogP contribution is -2.16.